The van der Waals surface area contributed by atoms with Crippen molar-refractivity contribution in [3.63, 3.8) is 0 Å². The molecule has 0 radical (unpaired) electrons. The lowest BCUT2D eigenvalue weighted by molar-refractivity contribution is -0.139. The van der Waals surface area contributed by atoms with Crippen molar-refractivity contribution in [3.8, 4) is 0 Å². The van der Waals surface area contributed by atoms with Crippen LogP contribution >= 0.6 is 15.9 Å². The first-order valence-corrected chi connectivity index (χ1v) is 7.62. The number of fused-ring (bicyclic) bond motifs is 1. The summed E-state index contributed by atoms with van der Waals surface area (Å²) in [6.45, 7) is 0.240. The van der Waals surface area contributed by atoms with Gasteiger partial charge in [0.25, 0.3) is 0 Å². The number of carbonyl (C=O) groups is 2. The van der Waals surface area contributed by atoms with Crippen LogP contribution in [0.1, 0.15) is 29.9 Å². The van der Waals surface area contributed by atoms with Crippen LogP contribution in [-0.4, -0.2) is 30.4 Å². The van der Waals surface area contributed by atoms with Crippen molar-refractivity contribution < 1.29 is 14.3 Å². The molecule has 4 nitrogen and oxygen atoms in total. The summed E-state index contributed by atoms with van der Waals surface area (Å²) < 4.78 is 4.61. The molecule has 1 aliphatic carbocycles. The number of amides is 1. The summed E-state index contributed by atoms with van der Waals surface area (Å²) in [5.41, 5.74) is 2.36. The average molecular weight is 340 g/mol. The highest BCUT2D eigenvalue weighted by molar-refractivity contribution is 9.10. The van der Waals surface area contributed by atoms with Gasteiger partial charge in [-0.15, -0.1) is 0 Å². The van der Waals surface area contributed by atoms with Crippen molar-refractivity contribution >= 4 is 27.8 Å². The monoisotopic (exact) mass is 339 g/mol. The third-order valence-corrected chi connectivity index (χ3v) is 4.30. The van der Waals surface area contributed by atoms with Gasteiger partial charge in [0.1, 0.15) is 4.83 Å². The number of aryl methyl sites for hydroxylation is 1. The fraction of sp³-hybridized carbons (Fsp3) is 0.467. The van der Waals surface area contributed by atoms with E-state index in [2.05, 4.69) is 32.0 Å². The number of benzene rings is 1. The zero-order valence-corrected chi connectivity index (χ0v) is 13.0. The molecule has 0 spiro atoms. The fourth-order valence-electron chi connectivity index (χ4n) is 2.55. The molecule has 5 heteroatoms. The Labute approximate surface area is 127 Å². The second-order valence-corrected chi connectivity index (χ2v) is 5.98. The lowest BCUT2D eigenvalue weighted by Crippen LogP contribution is -2.37. The second-order valence-electron chi connectivity index (χ2n) is 4.88. The van der Waals surface area contributed by atoms with Crippen LogP contribution in [0.5, 0.6) is 0 Å². The van der Waals surface area contributed by atoms with Gasteiger partial charge in [-0.25, -0.2) is 0 Å². The molecule has 0 aliphatic heterocycles. The molecule has 2 unspecified atom stereocenters. The second kappa shape index (κ2) is 6.88. The van der Waals surface area contributed by atoms with Crippen LogP contribution in [0.4, 0.5) is 0 Å². The van der Waals surface area contributed by atoms with E-state index in [0.717, 1.165) is 24.8 Å². The number of rotatable bonds is 4. The number of hydrogen-bond acceptors (Lipinski definition) is 3. The molecule has 1 N–H and O–H groups in total. The van der Waals surface area contributed by atoms with Gasteiger partial charge < -0.3 is 10.1 Å². The van der Waals surface area contributed by atoms with Crippen LogP contribution in [0, 0.1) is 0 Å². The largest absolute Gasteiger partial charge is 0.468 e. The average Bonchev–Trinajstić information content (AvgIpc) is 2.50. The third kappa shape index (κ3) is 3.39. The topological polar surface area (TPSA) is 55.4 Å². The van der Waals surface area contributed by atoms with Crippen LogP contribution < -0.4 is 5.32 Å². The van der Waals surface area contributed by atoms with Gasteiger partial charge in [-0.05, 0) is 30.4 Å². The van der Waals surface area contributed by atoms with E-state index < -0.39 is 4.83 Å². The molecule has 1 aromatic rings. The Hall–Kier alpha value is -1.36. The van der Waals surface area contributed by atoms with E-state index in [1.165, 1.54) is 12.7 Å². The zero-order valence-electron chi connectivity index (χ0n) is 11.4. The molecule has 20 heavy (non-hydrogen) atoms. The Kier molecular flexibility index (Phi) is 5.17. The molecule has 0 aromatic heterocycles. The third-order valence-electron chi connectivity index (χ3n) is 3.60. The quantitative estimate of drug-likeness (QED) is 0.675. The highest BCUT2D eigenvalue weighted by Gasteiger charge is 2.27. The Morgan fingerprint density at radius 2 is 2.20 bits per heavy atom. The van der Waals surface area contributed by atoms with Crippen molar-refractivity contribution in [1.82, 2.24) is 5.32 Å². The Bertz CT molecular complexity index is 504. The number of alkyl halides is 1. The number of ether oxygens (including phenoxy) is 1. The van der Waals surface area contributed by atoms with Gasteiger partial charge in [0.15, 0.2) is 0 Å². The van der Waals surface area contributed by atoms with Gasteiger partial charge in [0.05, 0.1) is 13.0 Å². The maximum absolute atomic E-state index is 12.3. The Morgan fingerprint density at radius 3 is 2.95 bits per heavy atom. The summed E-state index contributed by atoms with van der Waals surface area (Å²) in [4.78, 5) is 23.1. The molecule has 2 atom stereocenters. The summed E-state index contributed by atoms with van der Waals surface area (Å²) in [7, 11) is 1.33. The maximum atomic E-state index is 12.3. The first-order valence-electron chi connectivity index (χ1n) is 6.71. The van der Waals surface area contributed by atoms with Crippen LogP contribution in [0.25, 0.3) is 0 Å². The van der Waals surface area contributed by atoms with E-state index >= 15 is 0 Å². The number of hydrogen-bond donors (Lipinski definition) is 1. The fourth-order valence-corrected chi connectivity index (χ4v) is 2.90. The highest BCUT2D eigenvalue weighted by Crippen LogP contribution is 2.31. The van der Waals surface area contributed by atoms with Crippen molar-refractivity contribution in [1.29, 1.82) is 0 Å². The molecule has 0 saturated carbocycles. The molecule has 108 valence electrons. The first kappa shape index (κ1) is 15.0. The predicted octanol–water partition coefficient (Wildman–Crippen LogP) is 2.16. The van der Waals surface area contributed by atoms with E-state index in [-0.39, 0.29) is 24.3 Å². The number of carbonyl (C=O) groups excluding carboxylic acids is 2. The number of esters is 1. The molecule has 2 rings (SSSR count). The van der Waals surface area contributed by atoms with Crippen molar-refractivity contribution in [2.75, 3.05) is 13.7 Å². The van der Waals surface area contributed by atoms with E-state index in [0.29, 0.717) is 0 Å². The predicted molar refractivity (Wildman–Crippen MR) is 79.9 cm³/mol. The van der Waals surface area contributed by atoms with Gasteiger partial charge in [0, 0.05) is 6.54 Å². The molecule has 0 fully saturated rings. The van der Waals surface area contributed by atoms with E-state index in [1.807, 2.05) is 18.2 Å². The number of halogens is 1. The van der Waals surface area contributed by atoms with Crippen LogP contribution in [0.3, 0.4) is 0 Å². The summed E-state index contributed by atoms with van der Waals surface area (Å²) in [5, 5.41) is 2.82. The Balaban J connectivity index is 1.99. The molecule has 0 bridgehead atoms. The molecular formula is C15H18BrNO3. The first-order chi connectivity index (χ1) is 9.63. The van der Waals surface area contributed by atoms with Gasteiger partial charge in [-0.3, -0.25) is 9.59 Å². The Morgan fingerprint density at radius 1 is 1.45 bits per heavy atom. The summed E-state index contributed by atoms with van der Waals surface area (Å²) in [6, 6.07) is 8.07. The molecule has 1 aromatic carbocycles. The lowest BCUT2D eigenvalue weighted by atomic mass is 9.82. The van der Waals surface area contributed by atoms with E-state index in [9.17, 15) is 9.59 Å². The van der Waals surface area contributed by atoms with Crippen LogP contribution in [0.2, 0.25) is 0 Å². The lowest BCUT2D eigenvalue weighted by Gasteiger charge is -2.24. The zero-order chi connectivity index (χ0) is 14.5. The minimum atomic E-state index is -0.504. The van der Waals surface area contributed by atoms with E-state index in [1.54, 1.807) is 0 Å². The normalized spacial score (nSPS) is 18.8. The van der Waals surface area contributed by atoms with Crippen molar-refractivity contribution in [2.24, 2.45) is 0 Å². The van der Waals surface area contributed by atoms with Crippen LogP contribution in [0.15, 0.2) is 24.3 Å². The number of nitrogens with one attached hydrogen (secondary N) is 1. The standard InChI is InChI=1S/C15H18BrNO3/c1-20-15(19)13(16)9-17-14(18)12-8-4-6-10-5-2-3-7-11(10)12/h2-3,5,7,12-13H,4,6,8-9H2,1H3,(H,17,18). The minimum Gasteiger partial charge on any atom is -0.468 e. The summed E-state index contributed by atoms with van der Waals surface area (Å²) >= 11 is 3.20. The molecule has 0 heterocycles. The summed E-state index contributed by atoms with van der Waals surface area (Å²) in [6.07, 6.45) is 2.90. The smallest absolute Gasteiger partial charge is 0.321 e. The van der Waals surface area contributed by atoms with Crippen molar-refractivity contribution in [3.05, 3.63) is 35.4 Å². The van der Waals surface area contributed by atoms with Crippen molar-refractivity contribution in [2.45, 2.75) is 30.0 Å². The van der Waals surface area contributed by atoms with Gasteiger partial charge in [-0.2, -0.15) is 0 Å². The van der Waals surface area contributed by atoms with Crippen LogP contribution in [-0.2, 0) is 20.7 Å². The van der Waals surface area contributed by atoms with Gasteiger partial charge >= 0.3 is 5.97 Å². The molecule has 1 aliphatic rings. The van der Waals surface area contributed by atoms with Gasteiger partial charge in [-0.1, -0.05) is 40.2 Å². The summed E-state index contributed by atoms with van der Waals surface area (Å²) in [5.74, 6) is -0.517. The molecular weight excluding hydrogens is 322 g/mol. The number of methoxy groups -OCH3 is 1. The SMILES string of the molecule is COC(=O)C(Br)CNC(=O)C1CCCc2ccccc21. The van der Waals surface area contributed by atoms with E-state index in [4.69, 9.17) is 0 Å². The maximum Gasteiger partial charge on any atom is 0.321 e. The molecule has 1 amide bonds. The highest BCUT2D eigenvalue weighted by atomic mass is 79.9. The molecule has 0 saturated heterocycles. The minimum absolute atomic E-state index is 0.0227. The van der Waals surface area contributed by atoms with Gasteiger partial charge in [0.2, 0.25) is 5.91 Å².